The van der Waals surface area contributed by atoms with Gasteiger partial charge in [-0.15, -0.1) is 0 Å². The first-order valence-electron chi connectivity index (χ1n) is 5.17. The number of rotatable bonds is 4. The molecule has 3 nitrogen and oxygen atoms in total. The van der Waals surface area contributed by atoms with E-state index in [1.54, 1.807) is 12.1 Å². The number of pyridine rings is 2. The molecule has 0 aromatic carbocycles. The summed E-state index contributed by atoms with van der Waals surface area (Å²) in [7, 11) is 0. The summed E-state index contributed by atoms with van der Waals surface area (Å²) in [5, 5.41) is 4.24. The van der Waals surface area contributed by atoms with Gasteiger partial charge in [0, 0.05) is 13.1 Å². The second kappa shape index (κ2) is 5.96. The Kier molecular flexibility index (Phi) is 4.31. The van der Waals surface area contributed by atoms with Crippen molar-refractivity contribution in [2.45, 2.75) is 13.1 Å². The molecule has 2 aromatic heterocycles. The van der Waals surface area contributed by atoms with E-state index in [0.717, 1.165) is 11.4 Å². The predicted octanol–water partition coefficient (Wildman–Crippen LogP) is 3.07. The number of aromatic nitrogens is 2. The van der Waals surface area contributed by atoms with Gasteiger partial charge < -0.3 is 5.32 Å². The van der Waals surface area contributed by atoms with Crippen LogP contribution in [0.25, 0.3) is 0 Å². The molecule has 0 saturated heterocycles. The summed E-state index contributed by atoms with van der Waals surface area (Å²) in [4.78, 5) is 8.36. The lowest BCUT2D eigenvalue weighted by Gasteiger charge is -2.04. The van der Waals surface area contributed by atoms with E-state index in [9.17, 15) is 0 Å². The zero-order valence-electron chi connectivity index (χ0n) is 9.03. The Bertz CT molecular complexity index is 457. The van der Waals surface area contributed by atoms with Gasteiger partial charge in [0.2, 0.25) is 0 Å². The average molecular weight is 268 g/mol. The minimum Gasteiger partial charge on any atom is -0.306 e. The van der Waals surface area contributed by atoms with E-state index in [-0.39, 0.29) is 0 Å². The Morgan fingerprint density at radius 2 is 1.29 bits per heavy atom. The highest BCUT2D eigenvalue weighted by atomic mass is 35.5. The maximum absolute atomic E-state index is 5.79. The van der Waals surface area contributed by atoms with Crippen LogP contribution in [-0.2, 0) is 13.1 Å². The van der Waals surface area contributed by atoms with E-state index in [0.29, 0.717) is 23.4 Å². The van der Waals surface area contributed by atoms with Gasteiger partial charge in [0.1, 0.15) is 10.3 Å². The van der Waals surface area contributed by atoms with E-state index in [4.69, 9.17) is 23.2 Å². The van der Waals surface area contributed by atoms with Crippen molar-refractivity contribution in [3.8, 4) is 0 Å². The molecule has 5 heteroatoms. The van der Waals surface area contributed by atoms with Crippen molar-refractivity contribution < 1.29 is 0 Å². The quantitative estimate of drug-likeness (QED) is 0.866. The van der Waals surface area contributed by atoms with Crippen molar-refractivity contribution in [1.82, 2.24) is 15.3 Å². The molecular formula is C12H11Cl2N3. The van der Waals surface area contributed by atoms with Crippen molar-refractivity contribution in [1.29, 1.82) is 0 Å². The first-order chi connectivity index (χ1) is 8.24. The summed E-state index contributed by atoms with van der Waals surface area (Å²) < 4.78 is 0. The van der Waals surface area contributed by atoms with Crippen molar-refractivity contribution in [3.05, 3.63) is 58.1 Å². The highest BCUT2D eigenvalue weighted by molar-refractivity contribution is 6.29. The van der Waals surface area contributed by atoms with E-state index < -0.39 is 0 Å². The first-order valence-corrected chi connectivity index (χ1v) is 5.93. The first kappa shape index (κ1) is 12.3. The van der Waals surface area contributed by atoms with Gasteiger partial charge in [-0.25, -0.2) is 9.97 Å². The molecule has 0 spiro atoms. The monoisotopic (exact) mass is 267 g/mol. The predicted molar refractivity (Wildman–Crippen MR) is 69.0 cm³/mol. The number of nitrogens with one attached hydrogen (secondary N) is 1. The molecule has 0 amide bonds. The van der Waals surface area contributed by atoms with Crippen LogP contribution in [0.1, 0.15) is 11.4 Å². The number of nitrogens with zero attached hydrogens (tertiary/aromatic N) is 2. The second-order valence-corrected chi connectivity index (χ2v) is 4.28. The Morgan fingerprint density at radius 3 is 1.71 bits per heavy atom. The summed E-state index contributed by atoms with van der Waals surface area (Å²) in [5.74, 6) is 0. The van der Waals surface area contributed by atoms with Gasteiger partial charge in [0.15, 0.2) is 0 Å². The van der Waals surface area contributed by atoms with Crippen LogP contribution in [0.4, 0.5) is 0 Å². The SMILES string of the molecule is Clc1cccc(CNCc2cccc(Cl)n2)n1. The van der Waals surface area contributed by atoms with E-state index in [1.807, 2.05) is 24.3 Å². The number of halogens is 2. The molecule has 0 aliphatic rings. The fraction of sp³-hybridized carbons (Fsp3) is 0.167. The van der Waals surface area contributed by atoms with Crippen LogP contribution in [0.2, 0.25) is 10.3 Å². The summed E-state index contributed by atoms with van der Waals surface area (Å²) in [6, 6.07) is 11.1. The molecule has 0 atom stereocenters. The maximum atomic E-state index is 5.79. The summed E-state index contributed by atoms with van der Waals surface area (Å²) in [5.41, 5.74) is 1.80. The molecule has 88 valence electrons. The fourth-order valence-electron chi connectivity index (χ4n) is 1.42. The van der Waals surface area contributed by atoms with Crippen molar-refractivity contribution >= 4 is 23.2 Å². The molecule has 0 radical (unpaired) electrons. The summed E-state index contributed by atoms with van der Waals surface area (Å²) >= 11 is 11.6. The average Bonchev–Trinajstić information content (AvgIpc) is 2.29. The normalized spacial score (nSPS) is 10.5. The van der Waals surface area contributed by atoms with Crippen LogP contribution in [0, 0.1) is 0 Å². The molecule has 0 aliphatic heterocycles. The van der Waals surface area contributed by atoms with Gasteiger partial charge in [-0.2, -0.15) is 0 Å². The van der Waals surface area contributed by atoms with E-state index >= 15 is 0 Å². The molecular weight excluding hydrogens is 257 g/mol. The molecule has 0 fully saturated rings. The minimum absolute atomic E-state index is 0.505. The Balaban J connectivity index is 1.87. The zero-order valence-corrected chi connectivity index (χ0v) is 10.5. The van der Waals surface area contributed by atoms with Crippen LogP contribution in [0.15, 0.2) is 36.4 Å². The lowest BCUT2D eigenvalue weighted by Crippen LogP contribution is -2.14. The third kappa shape index (κ3) is 3.97. The smallest absolute Gasteiger partial charge is 0.129 e. The van der Waals surface area contributed by atoms with Crippen molar-refractivity contribution in [3.63, 3.8) is 0 Å². The second-order valence-electron chi connectivity index (χ2n) is 3.51. The largest absolute Gasteiger partial charge is 0.306 e. The highest BCUT2D eigenvalue weighted by Gasteiger charge is 1.98. The zero-order chi connectivity index (χ0) is 12.1. The molecule has 0 unspecified atom stereocenters. The van der Waals surface area contributed by atoms with E-state index in [2.05, 4.69) is 15.3 Å². The maximum Gasteiger partial charge on any atom is 0.129 e. The van der Waals surface area contributed by atoms with Gasteiger partial charge in [-0.3, -0.25) is 0 Å². The molecule has 0 bridgehead atoms. The summed E-state index contributed by atoms with van der Waals surface area (Å²) in [6.07, 6.45) is 0. The Labute approximate surface area is 110 Å². The molecule has 0 saturated carbocycles. The van der Waals surface area contributed by atoms with Crippen molar-refractivity contribution in [2.24, 2.45) is 0 Å². The third-order valence-electron chi connectivity index (χ3n) is 2.16. The molecule has 2 rings (SSSR count). The van der Waals surface area contributed by atoms with Gasteiger partial charge >= 0.3 is 0 Å². The van der Waals surface area contributed by atoms with Gasteiger partial charge in [0.05, 0.1) is 11.4 Å². The van der Waals surface area contributed by atoms with Gasteiger partial charge in [0.25, 0.3) is 0 Å². The van der Waals surface area contributed by atoms with Crippen LogP contribution >= 0.6 is 23.2 Å². The Hall–Kier alpha value is -1.16. The molecule has 0 aliphatic carbocycles. The van der Waals surface area contributed by atoms with E-state index in [1.165, 1.54) is 0 Å². The van der Waals surface area contributed by atoms with Crippen LogP contribution in [0.3, 0.4) is 0 Å². The topological polar surface area (TPSA) is 37.8 Å². The van der Waals surface area contributed by atoms with Crippen molar-refractivity contribution in [2.75, 3.05) is 0 Å². The molecule has 1 N–H and O–H groups in total. The van der Waals surface area contributed by atoms with Gasteiger partial charge in [-0.1, -0.05) is 35.3 Å². The number of hydrogen-bond donors (Lipinski definition) is 1. The fourth-order valence-corrected chi connectivity index (χ4v) is 1.78. The van der Waals surface area contributed by atoms with Crippen LogP contribution < -0.4 is 5.32 Å². The van der Waals surface area contributed by atoms with Crippen LogP contribution in [0.5, 0.6) is 0 Å². The molecule has 2 aromatic rings. The third-order valence-corrected chi connectivity index (χ3v) is 2.58. The highest BCUT2D eigenvalue weighted by Crippen LogP contribution is 2.06. The van der Waals surface area contributed by atoms with Gasteiger partial charge in [-0.05, 0) is 24.3 Å². The number of hydrogen-bond acceptors (Lipinski definition) is 3. The molecule has 2 heterocycles. The summed E-state index contributed by atoms with van der Waals surface area (Å²) in [6.45, 7) is 1.30. The molecule has 17 heavy (non-hydrogen) atoms. The standard InChI is InChI=1S/C12H11Cl2N3/c13-11-5-1-3-9(16-11)7-15-8-10-4-2-6-12(14)17-10/h1-6,15H,7-8H2. The lowest BCUT2D eigenvalue weighted by molar-refractivity contribution is 0.667. The van der Waals surface area contributed by atoms with Crippen LogP contribution in [-0.4, -0.2) is 9.97 Å². The Morgan fingerprint density at radius 1 is 0.824 bits per heavy atom. The lowest BCUT2D eigenvalue weighted by atomic mass is 10.3. The minimum atomic E-state index is 0.505.